The van der Waals surface area contributed by atoms with E-state index in [0.717, 1.165) is 0 Å². The molecule has 3 aromatic rings. The standard InChI is InChI=1S/C28H7F15O6/c29-24(30,31)11-1-8(2-12(3-11)25(32,33)34)23(28(41,42)43,9-4-13-17(21(46)48-19(13)44)15(6-9)26(35,36)37)10-5-14-18(22(47)49-20(14)45)16(7-10)27(38,39)40/h1-7H. The highest BCUT2D eigenvalue weighted by atomic mass is 19.4. The fourth-order valence-corrected chi connectivity index (χ4v) is 5.47. The van der Waals surface area contributed by atoms with E-state index >= 15 is 13.2 Å². The Morgan fingerprint density at radius 1 is 0.367 bits per heavy atom. The number of hydrogen-bond donors (Lipinski definition) is 0. The van der Waals surface area contributed by atoms with Crippen molar-refractivity contribution in [1.82, 2.24) is 0 Å². The third kappa shape index (κ3) is 5.53. The summed E-state index contributed by atoms with van der Waals surface area (Å²) in [6.07, 6.45) is -30.3. The Kier molecular flexibility index (Phi) is 7.50. The number of esters is 4. The molecule has 21 heteroatoms. The van der Waals surface area contributed by atoms with Crippen molar-refractivity contribution in [3.63, 3.8) is 0 Å². The second-order valence-corrected chi connectivity index (χ2v) is 10.3. The quantitative estimate of drug-likeness (QED) is 0.117. The molecule has 0 fully saturated rings. The summed E-state index contributed by atoms with van der Waals surface area (Å²) in [5.41, 5.74) is -28.4. The highest BCUT2D eigenvalue weighted by Gasteiger charge is 2.62. The van der Waals surface area contributed by atoms with Crippen LogP contribution in [0.25, 0.3) is 0 Å². The van der Waals surface area contributed by atoms with Crippen LogP contribution in [0.4, 0.5) is 65.9 Å². The van der Waals surface area contributed by atoms with Gasteiger partial charge in [-0.2, -0.15) is 65.9 Å². The van der Waals surface area contributed by atoms with E-state index in [2.05, 4.69) is 9.47 Å². The Bertz CT molecular complexity index is 1850. The van der Waals surface area contributed by atoms with Gasteiger partial charge in [-0.3, -0.25) is 0 Å². The molecule has 3 aromatic carbocycles. The SMILES string of the molecule is O=C1OC(=O)c2c1cc(C(c1cc(C(F)(F)F)cc(C(F)(F)F)c1)(c1cc3c(c(C(F)(F)F)c1)C(=O)OC3=O)C(F)(F)F)cc2C(F)(F)F. The number of carbonyl (C=O) groups excluding carboxylic acids is 4. The first kappa shape index (κ1) is 35.2. The normalized spacial score (nSPS) is 15.7. The summed E-state index contributed by atoms with van der Waals surface area (Å²) in [5, 5.41) is 0. The van der Waals surface area contributed by atoms with Crippen LogP contribution < -0.4 is 0 Å². The Hall–Kier alpha value is -5.11. The molecule has 0 aliphatic carbocycles. The smallest absolute Gasteiger partial charge is 0.386 e. The van der Waals surface area contributed by atoms with Crippen LogP contribution in [0.3, 0.4) is 0 Å². The lowest BCUT2D eigenvalue weighted by molar-refractivity contribution is -0.168. The van der Waals surface area contributed by atoms with Gasteiger partial charge in [-0.05, 0) is 59.2 Å². The van der Waals surface area contributed by atoms with E-state index in [-0.39, 0.29) is 12.1 Å². The summed E-state index contributed by atoms with van der Waals surface area (Å²) in [5.74, 6) is -8.34. The largest absolute Gasteiger partial charge is 0.417 e. The Balaban J connectivity index is 2.11. The first-order valence-electron chi connectivity index (χ1n) is 12.5. The molecule has 0 amide bonds. The fraction of sp³-hybridized carbons (Fsp3) is 0.214. The molecule has 0 unspecified atom stereocenters. The average molecular weight is 724 g/mol. The van der Waals surface area contributed by atoms with E-state index in [1.54, 1.807) is 0 Å². The van der Waals surface area contributed by atoms with Crippen molar-refractivity contribution < 1.29 is 94.5 Å². The highest BCUT2D eigenvalue weighted by Crippen LogP contribution is 2.56. The van der Waals surface area contributed by atoms with Crippen LogP contribution in [-0.2, 0) is 39.6 Å². The molecule has 0 N–H and O–H groups in total. The molecule has 0 radical (unpaired) electrons. The molecule has 5 rings (SSSR count). The van der Waals surface area contributed by atoms with Crippen LogP contribution in [-0.4, -0.2) is 30.1 Å². The van der Waals surface area contributed by atoms with E-state index in [1.165, 1.54) is 0 Å². The minimum atomic E-state index is -6.58. The van der Waals surface area contributed by atoms with Crippen molar-refractivity contribution in [2.75, 3.05) is 0 Å². The zero-order valence-electron chi connectivity index (χ0n) is 22.7. The number of hydrogen-bond acceptors (Lipinski definition) is 6. The Labute approximate surface area is 259 Å². The van der Waals surface area contributed by atoms with Gasteiger partial charge >= 0.3 is 54.8 Å². The summed E-state index contributed by atoms with van der Waals surface area (Å²) in [4.78, 5) is 48.8. The number of carbonyl (C=O) groups is 4. The number of cyclic esters (lactones) is 4. The van der Waals surface area contributed by atoms with E-state index in [1.807, 2.05) is 0 Å². The predicted molar refractivity (Wildman–Crippen MR) is 125 cm³/mol. The molecule has 2 aliphatic rings. The van der Waals surface area contributed by atoms with Crippen LogP contribution >= 0.6 is 0 Å². The van der Waals surface area contributed by atoms with Gasteiger partial charge < -0.3 is 9.47 Å². The molecule has 0 bridgehead atoms. The van der Waals surface area contributed by atoms with Gasteiger partial charge in [0.15, 0.2) is 0 Å². The maximum atomic E-state index is 15.7. The maximum absolute atomic E-state index is 15.7. The van der Waals surface area contributed by atoms with E-state index in [9.17, 15) is 71.9 Å². The molecule has 49 heavy (non-hydrogen) atoms. The van der Waals surface area contributed by atoms with Crippen molar-refractivity contribution >= 4 is 23.9 Å². The molecule has 0 saturated heterocycles. The zero-order valence-corrected chi connectivity index (χ0v) is 22.7. The number of ether oxygens (including phenoxy) is 2. The van der Waals surface area contributed by atoms with Gasteiger partial charge in [0.1, 0.15) is 5.41 Å². The van der Waals surface area contributed by atoms with Gasteiger partial charge in [0.25, 0.3) is 0 Å². The topological polar surface area (TPSA) is 86.7 Å². The lowest BCUT2D eigenvalue weighted by Crippen LogP contribution is -2.45. The van der Waals surface area contributed by atoms with Crippen LogP contribution in [0.5, 0.6) is 0 Å². The number of alkyl halides is 15. The van der Waals surface area contributed by atoms with Crippen LogP contribution in [0.15, 0.2) is 42.5 Å². The summed E-state index contributed by atoms with van der Waals surface area (Å²) in [6, 6.07) is -3.78. The lowest BCUT2D eigenvalue weighted by Gasteiger charge is -2.39. The number of halogens is 15. The van der Waals surface area contributed by atoms with Crippen molar-refractivity contribution in [2.45, 2.75) is 36.3 Å². The van der Waals surface area contributed by atoms with Crippen LogP contribution in [0.2, 0.25) is 0 Å². The van der Waals surface area contributed by atoms with Gasteiger partial charge in [-0.1, -0.05) is 0 Å². The zero-order chi connectivity index (χ0) is 37.0. The number of benzene rings is 3. The molecular weight excluding hydrogens is 717 g/mol. The molecule has 6 nitrogen and oxygen atoms in total. The van der Waals surface area contributed by atoms with Gasteiger partial charge in [0, 0.05) is 0 Å². The summed E-state index contributed by atoms with van der Waals surface area (Å²) in [7, 11) is 0. The summed E-state index contributed by atoms with van der Waals surface area (Å²) >= 11 is 0. The minimum Gasteiger partial charge on any atom is -0.386 e. The molecule has 0 atom stereocenters. The Morgan fingerprint density at radius 3 is 0.959 bits per heavy atom. The third-order valence-corrected chi connectivity index (χ3v) is 7.42. The maximum Gasteiger partial charge on any atom is 0.417 e. The predicted octanol–water partition coefficient (Wildman–Crippen LogP) is 8.28. The van der Waals surface area contributed by atoms with Crippen molar-refractivity contribution in [2.24, 2.45) is 0 Å². The third-order valence-electron chi connectivity index (χ3n) is 7.42. The molecule has 0 saturated carbocycles. The van der Waals surface area contributed by atoms with Crippen molar-refractivity contribution in [1.29, 1.82) is 0 Å². The molecule has 2 aliphatic heterocycles. The van der Waals surface area contributed by atoms with Gasteiger partial charge in [-0.15, -0.1) is 0 Å². The monoisotopic (exact) mass is 724 g/mol. The molecule has 0 aromatic heterocycles. The Morgan fingerprint density at radius 2 is 0.673 bits per heavy atom. The minimum absolute atomic E-state index is 0.247. The first-order valence-corrected chi connectivity index (χ1v) is 12.5. The van der Waals surface area contributed by atoms with E-state index in [0.29, 0.717) is 0 Å². The van der Waals surface area contributed by atoms with Crippen molar-refractivity contribution in [3.8, 4) is 0 Å². The van der Waals surface area contributed by atoms with Gasteiger partial charge in [0.2, 0.25) is 0 Å². The van der Waals surface area contributed by atoms with Gasteiger partial charge in [0.05, 0.1) is 44.5 Å². The fourth-order valence-electron chi connectivity index (χ4n) is 5.47. The summed E-state index contributed by atoms with van der Waals surface area (Å²) in [6.45, 7) is 0. The summed E-state index contributed by atoms with van der Waals surface area (Å²) < 4.78 is 224. The first-order chi connectivity index (χ1) is 22.1. The van der Waals surface area contributed by atoms with E-state index < -0.39 is 152 Å². The van der Waals surface area contributed by atoms with Gasteiger partial charge in [-0.25, -0.2) is 19.2 Å². The second-order valence-electron chi connectivity index (χ2n) is 10.3. The molecule has 260 valence electrons. The molecular formula is C28H7F15O6. The van der Waals surface area contributed by atoms with Crippen molar-refractivity contribution in [3.05, 3.63) is 104 Å². The molecule has 0 spiro atoms. The average Bonchev–Trinajstić information content (AvgIpc) is 3.38. The number of rotatable bonds is 3. The second kappa shape index (κ2) is 10.4. The number of fused-ring (bicyclic) bond motifs is 2. The van der Waals surface area contributed by atoms with E-state index in [4.69, 9.17) is 0 Å². The highest BCUT2D eigenvalue weighted by molar-refractivity contribution is 6.16. The molecule has 2 heterocycles. The van der Waals surface area contributed by atoms with Crippen LogP contribution in [0, 0.1) is 0 Å². The van der Waals surface area contributed by atoms with Crippen LogP contribution in [0.1, 0.15) is 80.4 Å². The lowest BCUT2D eigenvalue weighted by atomic mass is 9.66.